The molecule has 0 atom stereocenters. The van der Waals surface area contributed by atoms with Gasteiger partial charge in [0.2, 0.25) is 0 Å². The van der Waals surface area contributed by atoms with Gasteiger partial charge in [0.05, 0.1) is 0 Å². The first-order valence-electron chi connectivity index (χ1n) is 3.34. The zero-order chi connectivity index (χ0) is 7.40. The molecule has 0 bridgehead atoms. The van der Waals surface area contributed by atoms with E-state index < -0.39 is 0 Å². The van der Waals surface area contributed by atoms with Crippen LogP contribution in [0.5, 0.6) is 0 Å². The molecule has 0 amide bonds. The predicted molar refractivity (Wildman–Crippen MR) is 42.8 cm³/mol. The molecular formula is C8H10NO-. The van der Waals surface area contributed by atoms with E-state index in [1.807, 2.05) is 17.6 Å². The molecule has 2 heteroatoms. The van der Waals surface area contributed by atoms with Crippen LogP contribution in [0.3, 0.4) is 0 Å². The molecule has 0 fully saturated rings. The molecule has 0 aliphatic heterocycles. The van der Waals surface area contributed by atoms with E-state index in [4.69, 9.17) is 0 Å². The minimum absolute atomic E-state index is 0.622. The Labute approximate surface area is 60.5 Å². The van der Waals surface area contributed by atoms with Gasteiger partial charge in [0.15, 0.2) is 0 Å². The van der Waals surface area contributed by atoms with Crippen LogP contribution in [0.4, 0.5) is 5.69 Å². The number of hydrogen-bond acceptors (Lipinski definition) is 2. The first-order chi connectivity index (χ1) is 4.86. The van der Waals surface area contributed by atoms with Crippen LogP contribution in [0.25, 0.3) is 0 Å². The summed E-state index contributed by atoms with van der Waals surface area (Å²) < 4.78 is 0. The van der Waals surface area contributed by atoms with E-state index in [1.165, 1.54) is 5.56 Å². The number of anilines is 1. The summed E-state index contributed by atoms with van der Waals surface area (Å²) in [5.41, 5.74) is 3.70. The summed E-state index contributed by atoms with van der Waals surface area (Å²) in [6.07, 6.45) is 1.01. The molecule has 0 saturated heterocycles. The second-order valence-corrected chi connectivity index (χ2v) is 2.15. The summed E-state index contributed by atoms with van der Waals surface area (Å²) in [5.74, 6) is 0. The van der Waals surface area contributed by atoms with Crippen LogP contribution < -0.4 is 5.48 Å². The highest BCUT2D eigenvalue weighted by molar-refractivity contribution is 5.44. The van der Waals surface area contributed by atoms with Crippen LogP contribution in [-0.2, 0) is 6.42 Å². The highest BCUT2D eigenvalue weighted by atomic mass is 16.5. The standard InChI is InChI=1S/C8H10NO/c1-2-7-3-5-8(9-10)6-4-7/h3-6,9H,2H2,1H3/q-1. The van der Waals surface area contributed by atoms with Crippen molar-refractivity contribution in [2.24, 2.45) is 0 Å². The average Bonchev–Trinajstić information content (AvgIpc) is 2.05. The molecule has 0 radical (unpaired) electrons. The molecule has 0 unspecified atom stereocenters. The lowest BCUT2D eigenvalue weighted by Gasteiger charge is -2.08. The molecule has 1 N–H and O–H groups in total. The molecule has 0 spiro atoms. The van der Waals surface area contributed by atoms with Crippen molar-refractivity contribution >= 4 is 5.69 Å². The van der Waals surface area contributed by atoms with Crippen LogP contribution in [0.15, 0.2) is 24.3 Å². The van der Waals surface area contributed by atoms with Gasteiger partial charge in [-0.2, -0.15) is 0 Å². The molecule has 1 aromatic rings. The van der Waals surface area contributed by atoms with Crippen molar-refractivity contribution in [3.05, 3.63) is 35.0 Å². The first kappa shape index (κ1) is 7.09. The summed E-state index contributed by atoms with van der Waals surface area (Å²) in [6, 6.07) is 7.46. The molecule has 1 rings (SSSR count). The Hall–Kier alpha value is -1.02. The Morgan fingerprint density at radius 1 is 1.30 bits per heavy atom. The third kappa shape index (κ3) is 1.48. The molecule has 0 aromatic heterocycles. The van der Waals surface area contributed by atoms with Crippen molar-refractivity contribution in [3.63, 3.8) is 0 Å². The van der Waals surface area contributed by atoms with E-state index in [2.05, 4.69) is 6.92 Å². The average molecular weight is 136 g/mol. The van der Waals surface area contributed by atoms with Gasteiger partial charge in [0.1, 0.15) is 0 Å². The minimum atomic E-state index is 0.622. The maximum absolute atomic E-state index is 10.1. The number of hydrogen-bond donors (Lipinski definition) is 1. The van der Waals surface area contributed by atoms with Crippen LogP contribution in [-0.4, -0.2) is 0 Å². The molecule has 0 aliphatic carbocycles. The van der Waals surface area contributed by atoms with Gasteiger partial charge in [-0.3, -0.25) is 0 Å². The van der Waals surface area contributed by atoms with E-state index in [9.17, 15) is 5.21 Å². The zero-order valence-corrected chi connectivity index (χ0v) is 5.92. The van der Waals surface area contributed by atoms with Crippen LogP contribution in [0.2, 0.25) is 0 Å². The maximum Gasteiger partial charge on any atom is 0.0233 e. The molecule has 10 heavy (non-hydrogen) atoms. The maximum atomic E-state index is 10.1. The lowest BCUT2D eigenvalue weighted by Crippen LogP contribution is -1.85. The van der Waals surface area contributed by atoms with Crippen molar-refractivity contribution in [3.8, 4) is 0 Å². The van der Waals surface area contributed by atoms with Gasteiger partial charge < -0.3 is 10.7 Å². The van der Waals surface area contributed by atoms with Gasteiger partial charge in [-0.1, -0.05) is 19.1 Å². The Morgan fingerprint density at radius 3 is 2.30 bits per heavy atom. The Bertz CT molecular complexity index is 170. The molecule has 54 valence electrons. The first-order valence-corrected chi connectivity index (χ1v) is 3.34. The second kappa shape index (κ2) is 3.22. The summed E-state index contributed by atoms with van der Waals surface area (Å²) in [4.78, 5) is 0. The van der Waals surface area contributed by atoms with Crippen molar-refractivity contribution in [1.82, 2.24) is 0 Å². The second-order valence-electron chi connectivity index (χ2n) is 2.15. The molecular weight excluding hydrogens is 126 g/mol. The fraction of sp³-hybridized carbons (Fsp3) is 0.250. The van der Waals surface area contributed by atoms with Crippen molar-refractivity contribution in [1.29, 1.82) is 0 Å². The van der Waals surface area contributed by atoms with Crippen molar-refractivity contribution < 1.29 is 0 Å². The van der Waals surface area contributed by atoms with E-state index in [0.717, 1.165) is 6.42 Å². The zero-order valence-electron chi connectivity index (χ0n) is 5.92. The van der Waals surface area contributed by atoms with E-state index >= 15 is 0 Å². The van der Waals surface area contributed by atoms with Gasteiger partial charge in [0.25, 0.3) is 0 Å². The predicted octanol–water partition coefficient (Wildman–Crippen LogP) is 2.16. The normalized spacial score (nSPS) is 9.40. The molecule has 0 aliphatic rings. The van der Waals surface area contributed by atoms with E-state index in [1.54, 1.807) is 12.1 Å². The number of rotatable bonds is 2. The fourth-order valence-electron chi connectivity index (χ4n) is 0.808. The van der Waals surface area contributed by atoms with Crippen LogP contribution >= 0.6 is 0 Å². The summed E-state index contributed by atoms with van der Waals surface area (Å²) in [5, 5.41) is 10.1. The molecule has 1 aromatic carbocycles. The highest BCUT2D eigenvalue weighted by Crippen LogP contribution is 2.08. The summed E-state index contributed by atoms with van der Waals surface area (Å²) >= 11 is 0. The molecule has 0 heterocycles. The van der Waals surface area contributed by atoms with Gasteiger partial charge >= 0.3 is 0 Å². The largest absolute Gasteiger partial charge is 0.761 e. The molecule has 2 nitrogen and oxygen atoms in total. The lowest BCUT2D eigenvalue weighted by atomic mass is 10.2. The van der Waals surface area contributed by atoms with Gasteiger partial charge in [-0.05, 0) is 24.1 Å². The quantitative estimate of drug-likeness (QED) is 0.632. The molecule has 0 saturated carbocycles. The number of nitrogens with one attached hydrogen (secondary N) is 1. The number of benzene rings is 1. The highest BCUT2D eigenvalue weighted by Gasteiger charge is 1.86. The van der Waals surface area contributed by atoms with Crippen molar-refractivity contribution in [2.75, 3.05) is 5.48 Å². The Kier molecular flexibility index (Phi) is 2.29. The van der Waals surface area contributed by atoms with Crippen LogP contribution in [0, 0.1) is 5.21 Å². The summed E-state index contributed by atoms with van der Waals surface area (Å²) in [6.45, 7) is 2.08. The topological polar surface area (TPSA) is 35.1 Å². The van der Waals surface area contributed by atoms with Crippen LogP contribution in [0.1, 0.15) is 12.5 Å². The van der Waals surface area contributed by atoms with Crippen molar-refractivity contribution in [2.45, 2.75) is 13.3 Å². The van der Waals surface area contributed by atoms with E-state index in [-0.39, 0.29) is 0 Å². The monoisotopic (exact) mass is 136 g/mol. The smallest absolute Gasteiger partial charge is 0.0233 e. The number of aryl methyl sites for hydroxylation is 1. The Morgan fingerprint density at radius 2 is 1.90 bits per heavy atom. The third-order valence-corrected chi connectivity index (χ3v) is 1.48. The van der Waals surface area contributed by atoms with Gasteiger partial charge in [-0.15, -0.1) is 0 Å². The minimum Gasteiger partial charge on any atom is -0.761 e. The van der Waals surface area contributed by atoms with Gasteiger partial charge in [0, 0.05) is 5.69 Å². The third-order valence-electron chi connectivity index (χ3n) is 1.48. The Balaban J connectivity index is 2.80. The SMILES string of the molecule is CCc1ccc(N[O-])cc1. The van der Waals surface area contributed by atoms with E-state index in [0.29, 0.717) is 5.69 Å². The fourth-order valence-corrected chi connectivity index (χ4v) is 0.808. The summed E-state index contributed by atoms with van der Waals surface area (Å²) in [7, 11) is 0. The lowest BCUT2D eigenvalue weighted by molar-refractivity contribution is 1.14. The van der Waals surface area contributed by atoms with Gasteiger partial charge in [-0.25, -0.2) is 0 Å².